The Hall–Kier alpha value is -2.41. The van der Waals surface area contributed by atoms with Crippen molar-refractivity contribution in [3.8, 4) is 11.4 Å². The zero-order valence-corrected chi connectivity index (χ0v) is 14.2. The van der Waals surface area contributed by atoms with Crippen LogP contribution in [0.3, 0.4) is 0 Å². The summed E-state index contributed by atoms with van der Waals surface area (Å²) in [5.74, 6) is -0.898. The second-order valence-corrected chi connectivity index (χ2v) is 6.40. The van der Waals surface area contributed by atoms with Crippen LogP contribution in [0.5, 0.6) is 5.75 Å². The van der Waals surface area contributed by atoms with Crippen LogP contribution in [0.1, 0.15) is 41.7 Å². The summed E-state index contributed by atoms with van der Waals surface area (Å²) < 4.78 is 14.7. The highest BCUT2D eigenvalue weighted by atomic mass is 19.1. The molecule has 2 heterocycles. The number of carbonyl (C=O) groups is 1. The van der Waals surface area contributed by atoms with Crippen molar-refractivity contribution < 1.29 is 19.4 Å². The van der Waals surface area contributed by atoms with Gasteiger partial charge in [-0.2, -0.15) is 5.10 Å². The first-order chi connectivity index (χ1) is 12.0. The second kappa shape index (κ2) is 7.23. The number of amides is 1. The lowest BCUT2D eigenvalue weighted by atomic mass is 9.99. The van der Waals surface area contributed by atoms with Crippen LogP contribution in [0.2, 0.25) is 0 Å². The molecule has 0 aliphatic carbocycles. The first-order valence-electron chi connectivity index (χ1n) is 8.48. The molecule has 25 heavy (non-hydrogen) atoms. The summed E-state index contributed by atoms with van der Waals surface area (Å²) in [7, 11) is 0. The van der Waals surface area contributed by atoms with Gasteiger partial charge < -0.3 is 15.1 Å². The van der Waals surface area contributed by atoms with Crippen molar-refractivity contribution >= 4 is 5.91 Å². The fourth-order valence-corrected chi connectivity index (χ4v) is 3.37. The predicted octanol–water partition coefficient (Wildman–Crippen LogP) is 2.40. The number of carbonyl (C=O) groups excluding carboxylic acids is 1. The summed E-state index contributed by atoms with van der Waals surface area (Å²) in [6.07, 6.45) is 4.63. The minimum Gasteiger partial charge on any atom is -0.504 e. The van der Waals surface area contributed by atoms with Gasteiger partial charge in [0.2, 0.25) is 0 Å². The maximum absolute atomic E-state index is 13.3. The standard InChI is InChI=1S/C18H22FN3O3/c1-12-10-13(19)5-6-15(12)22-11-16(24)17(20-22)18(25)21-8-3-2-4-14(21)7-9-23/h5-6,10-11,14,23-24H,2-4,7-9H2,1H3. The molecule has 0 saturated carbocycles. The molecule has 1 aromatic carbocycles. The van der Waals surface area contributed by atoms with Gasteiger partial charge in [0.1, 0.15) is 5.82 Å². The van der Waals surface area contributed by atoms with E-state index in [0.29, 0.717) is 24.2 Å². The number of benzene rings is 1. The van der Waals surface area contributed by atoms with Crippen molar-refractivity contribution in [2.45, 2.75) is 38.6 Å². The molecule has 3 rings (SSSR count). The van der Waals surface area contributed by atoms with Crippen LogP contribution in [-0.2, 0) is 0 Å². The van der Waals surface area contributed by atoms with Gasteiger partial charge in [0.05, 0.1) is 11.9 Å². The lowest BCUT2D eigenvalue weighted by Crippen LogP contribution is -2.44. The molecule has 0 bridgehead atoms. The number of aryl methyl sites for hydroxylation is 1. The average Bonchev–Trinajstić information content (AvgIpc) is 2.96. The molecule has 1 aromatic heterocycles. The highest BCUT2D eigenvalue weighted by Crippen LogP contribution is 2.26. The molecule has 134 valence electrons. The van der Waals surface area contributed by atoms with E-state index in [0.717, 1.165) is 19.3 Å². The van der Waals surface area contributed by atoms with Crippen LogP contribution in [0.15, 0.2) is 24.4 Å². The summed E-state index contributed by atoms with van der Waals surface area (Å²) >= 11 is 0. The van der Waals surface area contributed by atoms with Gasteiger partial charge in [0, 0.05) is 19.2 Å². The van der Waals surface area contributed by atoms with Gasteiger partial charge in [-0.25, -0.2) is 9.07 Å². The summed E-state index contributed by atoms with van der Waals surface area (Å²) in [6, 6.07) is 4.20. The Morgan fingerprint density at radius 1 is 1.40 bits per heavy atom. The van der Waals surface area contributed by atoms with Crippen molar-refractivity contribution in [3.05, 3.63) is 41.5 Å². The molecule has 1 aliphatic heterocycles. The van der Waals surface area contributed by atoms with E-state index in [-0.39, 0.29) is 35.8 Å². The Bertz CT molecular complexity index is 773. The number of aromatic nitrogens is 2. The predicted molar refractivity (Wildman–Crippen MR) is 90.3 cm³/mol. The highest BCUT2D eigenvalue weighted by molar-refractivity contribution is 5.95. The molecular formula is C18H22FN3O3. The van der Waals surface area contributed by atoms with Crippen molar-refractivity contribution in [2.75, 3.05) is 13.2 Å². The Labute approximate surface area is 145 Å². The second-order valence-electron chi connectivity index (χ2n) is 6.40. The Kier molecular flexibility index (Phi) is 5.03. The van der Waals surface area contributed by atoms with Crippen LogP contribution >= 0.6 is 0 Å². The normalized spacial score (nSPS) is 17.7. The quantitative estimate of drug-likeness (QED) is 0.890. The molecule has 1 amide bonds. The minimum absolute atomic E-state index is 0.0175. The molecule has 1 saturated heterocycles. The molecule has 2 N–H and O–H groups in total. The Morgan fingerprint density at radius 2 is 2.20 bits per heavy atom. The maximum Gasteiger partial charge on any atom is 0.278 e. The van der Waals surface area contributed by atoms with Crippen LogP contribution in [0.4, 0.5) is 4.39 Å². The van der Waals surface area contributed by atoms with Crippen LogP contribution in [0, 0.1) is 12.7 Å². The number of rotatable bonds is 4. The lowest BCUT2D eigenvalue weighted by molar-refractivity contribution is 0.0565. The van der Waals surface area contributed by atoms with Gasteiger partial charge in [-0.05, 0) is 56.4 Å². The number of nitrogens with zero attached hydrogens (tertiary/aromatic N) is 3. The molecule has 0 spiro atoms. The number of aromatic hydroxyl groups is 1. The molecule has 6 nitrogen and oxygen atoms in total. The molecule has 0 radical (unpaired) electrons. The zero-order valence-electron chi connectivity index (χ0n) is 14.2. The van der Waals surface area contributed by atoms with Crippen LogP contribution < -0.4 is 0 Å². The van der Waals surface area contributed by atoms with Crippen molar-refractivity contribution in [1.82, 2.24) is 14.7 Å². The third kappa shape index (κ3) is 3.51. The largest absolute Gasteiger partial charge is 0.504 e. The topological polar surface area (TPSA) is 78.6 Å². The minimum atomic E-state index is -0.353. The van der Waals surface area contributed by atoms with E-state index in [1.54, 1.807) is 17.9 Å². The van der Waals surface area contributed by atoms with Crippen LogP contribution in [0.25, 0.3) is 5.69 Å². The number of hydrogen-bond acceptors (Lipinski definition) is 4. The number of aliphatic hydroxyl groups excluding tert-OH is 1. The number of halogens is 1. The van der Waals surface area contributed by atoms with E-state index < -0.39 is 0 Å². The van der Waals surface area contributed by atoms with Gasteiger partial charge in [-0.15, -0.1) is 0 Å². The summed E-state index contributed by atoms with van der Waals surface area (Å²) in [5.41, 5.74) is 1.23. The summed E-state index contributed by atoms with van der Waals surface area (Å²) in [4.78, 5) is 14.5. The molecule has 7 heteroatoms. The van der Waals surface area contributed by atoms with Crippen molar-refractivity contribution in [2.24, 2.45) is 0 Å². The summed E-state index contributed by atoms with van der Waals surface area (Å²) in [6.45, 7) is 2.34. The van der Waals surface area contributed by atoms with Gasteiger partial charge >= 0.3 is 0 Å². The number of hydrogen-bond donors (Lipinski definition) is 2. The average molecular weight is 347 g/mol. The first kappa shape index (κ1) is 17.4. The monoisotopic (exact) mass is 347 g/mol. The van der Waals surface area contributed by atoms with E-state index in [2.05, 4.69) is 5.10 Å². The van der Waals surface area contributed by atoms with E-state index in [9.17, 15) is 19.4 Å². The summed E-state index contributed by atoms with van der Waals surface area (Å²) in [5, 5.41) is 23.6. The van der Waals surface area contributed by atoms with Gasteiger partial charge in [0.15, 0.2) is 11.4 Å². The molecule has 1 fully saturated rings. The fraction of sp³-hybridized carbons (Fsp3) is 0.444. The SMILES string of the molecule is Cc1cc(F)ccc1-n1cc(O)c(C(=O)N2CCCCC2CCO)n1. The number of piperidine rings is 1. The Morgan fingerprint density at radius 3 is 2.92 bits per heavy atom. The highest BCUT2D eigenvalue weighted by Gasteiger charge is 2.30. The van der Waals surface area contributed by atoms with Gasteiger partial charge in [-0.1, -0.05) is 0 Å². The van der Waals surface area contributed by atoms with Crippen molar-refractivity contribution in [3.63, 3.8) is 0 Å². The fourth-order valence-electron chi connectivity index (χ4n) is 3.37. The maximum atomic E-state index is 13.3. The van der Waals surface area contributed by atoms with E-state index in [1.807, 2.05) is 0 Å². The third-order valence-corrected chi connectivity index (χ3v) is 4.65. The zero-order chi connectivity index (χ0) is 18.0. The molecule has 1 atom stereocenters. The van der Waals surface area contributed by atoms with Crippen LogP contribution in [-0.4, -0.2) is 50.0 Å². The van der Waals surface area contributed by atoms with E-state index in [1.165, 1.54) is 23.0 Å². The molecular weight excluding hydrogens is 325 g/mol. The number of likely N-dealkylation sites (tertiary alicyclic amines) is 1. The Balaban J connectivity index is 1.90. The first-order valence-corrected chi connectivity index (χ1v) is 8.48. The lowest BCUT2D eigenvalue weighted by Gasteiger charge is -2.35. The smallest absolute Gasteiger partial charge is 0.278 e. The molecule has 1 unspecified atom stereocenters. The number of aliphatic hydroxyl groups is 1. The van der Waals surface area contributed by atoms with Gasteiger partial charge in [-0.3, -0.25) is 4.79 Å². The van der Waals surface area contributed by atoms with E-state index >= 15 is 0 Å². The van der Waals surface area contributed by atoms with Crippen molar-refractivity contribution in [1.29, 1.82) is 0 Å². The molecule has 2 aromatic rings. The molecule has 1 aliphatic rings. The van der Waals surface area contributed by atoms with Gasteiger partial charge in [0.25, 0.3) is 5.91 Å². The third-order valence-electron chi connectivity index (χ3n) is 4.65. The van der Waals surface area contributed by atoms with E-state index in [4.69, 9.17) is 0 Å².